The van der Waals surface area contributed by atoms with Crippen LogP contribution in [0.1, 0.15) is 28.7 Å². The van der Waals surface area contributed by atoms with Crippen LogP contribution in [0, 0.1) is 13.8 Å². The van der Waals surface area contributed by atoms with Gasteiger partial charge in [0.05, 0.1) is 16.4 Å². The maximum Gasteiger partial charge on any atom is 0.289 e. The lowest BCUT2D eigenvalue weighted by molar-refractivity contribution is -0.119. The predicted molar refractivity (Wildman–Crippen MR) is 79.3 cm³/mol. The Morgan fingerprint density at radius 1 is 1.24 bits per heavy atom. The van der Waals surface area contributed by atoms with Crippen molar-refractivity contribution in [2.24, 2.45) is 0 Å². The zero-order valence-electron chi connectivity index (χ0n) is 11.9. The highest BCUT2D eigenvalue weighted by molar-refractivity contribution is 6.34. The molecular weight excluding hydrogens is 292 g/mol. The number of nitrogens with one attached hydrogen (secondary N) is 2. The van der Waals surface area contributed by atoms with Crippen LogP contribution in [0.15, 0.2) is 24.3 Å². The molecule has 0 saturated carbocycles. The van der Waals surface area contributed by atoms with Gasteiger partial charge >= 0.3 is 0 Å². The zero-order chi connectivity index (χ0) is 15.6. The average molecular weight is 307 g/mol. The Labute approximate surface area is 127 Å². The Balaban J connectivity index is 2.45. The van der Waals surface area contributed by atoms with Gasteiger partial charge in [-0.2, -0.15) is 5.10 Å². The highest BCUT2D eigenvalue weighted by Crippen LogP contribution is 2.23. The van der Waals surface area contributed by atoms with E-state index in [1.54, 1.807) is 6.92 Å². The number of aryl methyl sites for hydroxylation is 2. The number of hydrogen-bond donors (Lipinski definition) is 2. The fourth-order valence-electron chi connectivity index (χ4n) is 1.85. The standard InChI is InChI=1S/C14H15ClN4O2/c1-8-5-4-6-11(7-8)19-13(12(15)9(2)18-19)14(21)17-16-10(3)20/h4-7H,1-3H3,(H,16,20)(H,17,21). The van der Waals surface area contributed by atoms with Crippen molar-refractivity contribution in [3.8, 4) is 5.69 Å². The predicted octanol–water partition coefficient (Wildman–Crippen LogP) is 1.92. The van der Waals surface area contributed by atoms with Crippen LogP contribution >= 0.6 is 11.6 Å². The largest absolute Gasteiger partial charge is 0.289 e. The third-order valence-corrected chi connectivity index (χ3v) is 3.25. The van der Waals surface area contributed by atoms with Crippen molar-refractivity contribution in [2.45, 2.75) is 20.8 Å². The third kappa shape index (κ3) is 3.22. The van der Waals surface area contributed by atoms with Gasteiger partial charge in [0.25, 0.3) is 5.91 Å². The summed E-state index contributed by atoms with van der Waals surface area (Å²) in [5.41, 5.74) is 6.99. The second-order valence-corrected chi connectivity index (χ2v) is 5.01. The van der Waals surface area contributed by atoms with Crippen LogP contribution in [0.25, 0.3) is 5.69 Å². The van der Waals surface area contributed by atoms with Crippen molar-refractivity contribution in [2.75, 3.05) is 0 Å². The first-order valence-corrected chi connectivity index (χ1v) is 6.67. The van der Waals surface area contributed by atoms with E-state index in [9.17, 15) is 9.59 Å². The van der Waals surface area contributed by atoms with E-state index in [-0.39, 0.29) is 16.6 Å². The minimum absolute atomic E-state index is 0.175. The van der Waals surface area contributed by atoms with Crippen molar-refractivity contribution in [1.29, 1.82) is 0 Å². The maximum absolute atomic E-state index is 12.2. The minimum atomic E-state index is -0.530. The van der Waals surface area contributed by atoms with Gasteiger partial charge in [0.15, 0.2) is 5.69 Å². The van der Waals surface area contributed by atoms with Crippen LogP contribution in [-0.2, 0) is 4.79 Å². The van der Waals surface area contributed by atoms with E-state index >= 15 is 0 Å². The second-order valence-electron chi connectivity index (χ2n) is 4.63. The van der Waals surface area contributed by atoms with Gasteiger partial charge in [0.2, 0.25) is 5.91 Å². The molecule has 1 aromatic carbocycles. The molecule has 0 fully saturated rings. The van der Waals surface area contributed by atoms with Crippen molar-refractivity contribution in [1.82, 2.24) is 20.6 Å². The van der Waals surface area contributed by atoms with E-state index in [4.69, 9.17) is 11.6 Å². The van der Waals surface area contributed by atoms with Crippen LogP contribution in [0.4, 0.5) is 0 Å². The molecule has 0 aliphatic carbocycles. The number of hydrazine groups is 1. The lowest BCUT2D eigenvalue weighted by atomic mass is 10.2. The normalized spacial score (nSPS) is 10.3. The van der Waals surface area contributed by atoms with Crippen molar-refractivity contribution in [3.05, 3.63) is 46.2 Å². The summed E-state index contributed by atoms with van der Waals surface area (Å²) in [4.78, 5) is 23.1. The molecule has 2 N–H and O–H groups in total. The first-order valence-electron chi connectivity index (χ1n) is 6.29. The van der Waals surface area contributed by atoms with E-state index < -0.39 is 5.91 Å². The van der Waals surface area contributed by atoms with E-state index in [1.165, 1.54) is 11.6 Å². The van der Waals surface area contributed by atoms with Gasteiger partial charge in [-0.15, -0.1) is 0 Å². The molecule has 0 atom stereocenters. The highest BCUT2D eigenvalue weighted by atomic mass is 35.5. The Bertz CT molecular complexity index is 709. The van der Waals surface area contributed by atoms with Gasteiger partial charge in [-0.25, -0.2) is 4.68 Å². The van der Waals surface area contributed by atoms with Gasteiger partial charge in [0, 0.05) is 6.92 Å². The SMILES string of the molecule is CC(=O)NNC(=O)c1c(Cl)c(C)nn1-c1cccc(C)c1. The quantitative estimate of drug-likeness (QED) is 0.832. The van der Waals surface area contributed by atoms with Gasteiger partial charge < -0.3 is 0 Å². The number of carbonyl (C=O) groups excluding carboxylic acids is 2. The Morgan fingerprint density at radius 2 is 1.95 bits per heavy atom. The lowest BCUT2D eigenvalue weighted by Crippen LogP contribution is -2.41. The summed E-state index contributed by atoms with van der Waals surface area (Å²) in [7, 11) is 0. The van der Waals surface area contributed by atoms with Gasteiger partial charge in [0.1, 0.15) is 0 Å². The van der Waals surface area contributed by atoms with E-state index in [2.05, 4.69) is 16.0 Å². The van der Waals surface area contributed by atoms with Crippen molar-refractivity contribution >= 4 is 23.4 Å². The zero-order valence-corrected chi connectivity index (χ0v) is 12.7. The summed E-state index contributed by atoms with van der Waals surface area (Å²) < 4.78 is 1.46. The molecular formula is C14H15ClN4O2. The molecule has 0 spiro atoms. The summed E-state index contributed by atoms with van der Waals surface area (Å²) in [5, 5.41) is 4.53. The second kappa shape index (κ2) is 5.97. The van der Waals surface area contributed by atoms with Gasteiger partial charge in [-0.3, -0.25) is 20.4 Å². The van der Waals surface area contributed by atoms with Crippen LogP contribution in [-0.4, -0.2) is 21.6 Å². The number of aromatic nitrogens is 2. The Morgan fingerprint density at radius 3 is 2.57 bits per heavy atom. The molecule has 1 heterocycles. The number of halogens is 1. The number of nitrogens with zero attached hydrogens (tertiary/aromatic N) is 2. The molecule has 0 unspecified atom stereocenters. The summed E-state index contributed by atoms with van der Waals surface area (Å²) in [6.07, 6.45) is 0. The molecule has 2 amide bonds. The number of hydrogen-bond acceptors (Lipinski definition) is 3. The Hall–Kier alpha value is -2.34. The summed E-state index contributed by atoms with van der Waals surface area (Å²) >= 11 is 6.16. The maximum atomic E-state index is 12.2. The molecule has 21 heavy (non-hydrogen) atoms. The molecule has 0 aliphatic heterocycles. The number of rotatable bonds is 2. The van der Waals surface area contributed by atoms with Crippen LogP contribution in [0.3, 0.4) is 0 Å². The highest BCUT2D eigenvalue weighted by Gasteiger charge is 2.21. The average Bonchev–Trinajstić information content (AvgIpc) is 2.72. The molecule has 6 nitrogen and oxygen atoms in total. The summed E-state index contributed by atoms with van der Waals surface area (Å²) in [6, 6.07) is 7.52. The smallest absolute Gasteiger partial charge is 0.274 e. The van der Waals surface area contributed by atoms with E-state index in [0.717, 1.165) is 11.3 Å². The molecule has 0 radical (unpaired) electrons. The number of benzene rings is 1. The number of carbonyl (C=O) groups is 2. The monoisotopic (exact) mass is 306 g/mol. The van der Waals surface area contributed by atoms with Crippen LogP contribution in [0.5, 0.6) is 0 Å². The Kier molecular flexibility index (Phi) is 4.28. The van der Waals surface area contributed by atoms with Crippen LogP contribution < -0.4 is 10.9 Å². The van der Waals surface area contributed by atoms with Gasteiger partial charge in [-0.1, -0.05) is 23.7 Å². The molecule has 0 bridgehead atoms. The first-order chi connectivity index (χ1) is 9.90. The van der Waals surface area contributed by atoms with Crippen molar-refractivity contribution in [3.63, 3.8) is 0 Å². The molecule has 110 valence electrons. The molecule has 1 aromatic heterocycles. The molecule has 7 heteroatoms. The number of amides is 2. The fraction of sp³-hybridized carbons (Fsp3) is 0.214. The van der Waals surface area contributed by atoms with Crippen molar-refractivity contribution < 1.29 is 9.59 Å². The fourth-order valence-corrected chi connectivity index (χ4v) is 2.06. The summed E-state index contributed by atoms with van der Waals surface area (Å²) in [5.74, 6) is -0.907. The third-order valence-electron chi connectivity index (χ3n) is 2.80. The topological polar surface area (TPSA) is 76.0 Å². The van der Waals surface area contributed by atoms with E-state index in [1.807, 2.05) is 31.2 Å². The molecule has 2 rings (SSSR count). The van der Waals surface area contributed by atoms with E-state index in [0.29, 0.717) is 5.69 Å². The molecule has 0 aliphatic rings. The van der Waals surface area contributed by atoms with Gasteiger partial charge in [-0.05, 0) is 31.5 Å². The summed E-state index contributed by atoms with van der Waals surface area (Å²) in [6.45, 7) is 4.95. The lowest BCUT2D eigenvalue weighted by Gasteiger charge is -2.09. The first kappa shape index (κ1) is 15.1. The molecule has 2 aromatic rings. The molecule has 0 saturated heterocycles. The van der Waals surface area contributed by atoms with Crippen LogP contribution in [0.2, 0.25) is 5.02 Å². The minimum Gasteiger partial charge on any atom is -0.274 e.